The van der Waals surface area contributed by atoms with Gasteiger partial charge in [-0.1, -0.05) is 42.8 Å². The van der Waals surface area contributed by atoms with E-state index in [0.29, 0.717) is 11.4 Å². The van der Waals surface area contributed by atoms with Crippen LogP contribution in [0.4, 0.5) is 0 Å². The summed E-state index contributed by atoms with van der Waals surface area (Å²) in [4.78, 5) is 21.2. The van der Waals surface area contributed by atoms with E-state index in [9.17, 15) is 4.79 Å². The molecule has 0 aromatic heterocycles. The van der Waals surface area contributed by atoms with Crippen LogP contribution in [0, 0.1) is 0 Å². The van der Waals surface area contributed by atoms with E-state index in [1.165, 1.54) is 50.3 Å². The monoisotopic (exact) mass is 307 g/mol. The first kappa shape index (κ1) is 15.6. The molecule has 1 aromatic carbocycles. The van der Waals surface area contributed by atoms with Gasteiger partial charge < -0.3 is 0 Å². The summed E-state index contributed by atoms with van der Waals surface area (Å²) in [5, 5.41) is 0. The van der Waals surface area contributed by atoms with Crippen molar-refractivity contribution in [2.45, 2.75) is 25.8 Å². The minimum atomic E-state index is -0.0602. The van der Waals surface area contributed by atoms with Crippen molar-refractivity contribution in [3.8, 4) is 0 Å². The van der Waals surface area contributed by atoms with Gasteiger partial charge in [0.25, 0.3) is 0 Å². The lowest BCUT2D eigenvalue weighted by molar-refractivity contribution is -0.108. The van der Waals surface area contributed by atoms with E-state index >= 15 is 0 Å². The number of ketones is 1. The molecule has 0 radical (unpaired) electrons. The molecule has 0 amide bonds. The average molecular weight is 307 g/mol. The van der Waals surface area contributed by atoms with Crippen LogP contribution in [0.15, 0.2) is 64.2 Å². The summed E-state index contributed by atoms with van der Waals surface area (Å²) < 4.78 is 0. The van der Waals surface area contributed by atoms with Crippen LogP contribution in [0.2, 0.25) is 0 Å². The molecule has 0 saturated carbocycles. The molecule has 0 spiro atoms. The molecule has 2 heterocycles. The predicted molar refractivity (Wildman–Crippen MR) is 93.7 cm³/mol. The van der Waals surface area contributed by atoms with Crippen LogP contribution in [-0.4, -0.2) is 35.8 Å². The molecular weight excluding hydrogens is 286 g/mol. The number of allylic oxidation sites excluding steroid dienone is 4. The summed E-state index contributed by atoms with van der Waals surface area (Å²) in [7, 11) is 0. The number of aliphatic imine (C=N–C) groups is 2. The van der Waals surface area contributed by atoms with E-state index in [1.54, 1.807) is 12.2 Å². The number of hydrogen-bond acceptors (Lipinski definition) is 4. The fraction of sp³-hybridized carbons (Fsp3) is 0.316. The van der Waals surface area contributed by atoms with Crippen LogP contribution in [0.25, 0.3) is 0 Å². The first-order chi connectivity index (χ1) is 11.3. The molecular formula is C19H21N3O. The fourth-order valence-corrected chi connectivity index (χ4v) is 2.85. The van der Waals surface area contributed by atoms with Gasteiger partial charge in [-0.05, 0) is 43.6 Å². The number of rotatable bonds is 2. The summed E-state index contributed by atoms with van der Waals surface area (Å²) in [6.45, 7) is 3.71. The molecule has 0 unspecified atom stereocenters. The Hall–Kier alpha value is -2.33. The molecule has 0 bridgehead atoms. The van der Waals surface area contributed by atoms with Crippen molar-refractivity contribution in [1.82, 2.24) is 4.90 Å². The lowest BCUT2D eigenvalue weighted by Gasteiger charge is -2.26. The molecule has 4 rings (SSSR count). The highest BCUT2D eigenvalue weighted by molar-refractivity contribution is 6.52. The fourth-order valence-electron chi connectivity index (χ4n) is 2.85. The highest BCUT2D eigenvalue weighted by Gasteiger charge is 2.18. The Morgan fingerprint density at radius 1 is 1.04 bits per heavy atom. The Morgan fingerprint density at radius 3 is 2.57 bits per heavy atom. The number of nitrogens with zero attached hydrogens (tertiary/aromatic N) is 3. The summed E-state index contributed by atoms with van der Waals surface area (Å²) in [5.41, 5.74) is 2.58. The number of carbonyl (C=O) groups excluding carboxylic acids is 1. The standard InChI is InChI=1S/C12H17N.C7H4N2O/c1-3-7-12(8-4-1)11-13-9-5-2-6-10-13;10-6-3-1-2-5-7(6)9-4-8-5/h1,3-4,7-8H,2,5-6,9-11H2;1-4H. The van der Waals surface area contributed by atoms with Crippen molar-refractivity contribution in [3.05, 3.63) is 59.8 Å². The van der Waals surface area contributed by atoms with Gasteiger partial charge in [0.15, 0.2) is 0 Å². The van der Waals surface area contributed by atoms with Gasteiger partial charge in [0.1, 0.15) is 12.1 Å². The topological polar surface area (TPSA) is 45.0 Å². The molecule has 1 aliphatic carbocycles. The number of hydrogen-bond donors (Lipinski definition) is 0. The van der Waals surface area contributed by atoms with Crippen LogP contribution < -0.4 is 0 Å². The minimum Gasteiger partial charge on any atom is -0.299 e. The molecule has 2 aliphatic heterocycles. The van der Waals surface area contributed by atoms with Crippen molar-refractivity contribution in [2.24, 2.45) is 9.98 Å². The smallest absolute Gasteiger partial charge is 0.206 e. The summed E-state index contributed by atoms with van der Waals surface area (Å²) >= 11 is 0. The number of carbonyl (C=O) groups is 1. The molecule has 0 atom stereocenters. The van der Waals surface area contributed by atoms with Gasteiger partial charge in [-0.25, -0.2) is 9.98 Å². The zero-order chi connectivity index (χ0) is 15.9. The predicted octanol–water partition coefficient (Wildman–Crippen LogP) is 3.16. The van der Waals surface area contributed by atoms with Gasteiger partial charge in [0.2, 0.25) is 5.78 Å². The van der Waals surface area contributed by atoms with E-state index in [4.69, 9.17) is 0 Å². The van der Waals surface area contributed by atoms with E-state index in [1.807, 2.05) is 0 Å². The molecule has 4 heteroatoms. The van der Waals surface area contributed by atoms with Crippen LogP contribution >= 0.6 is 0 Å². The molecule has 1 aromatic rings. The van der Waals surface area contributed by atoms with Gasteiger partial charge in [-0.3, -0.25) is 9.69 Å². The molecule has 23 heavy (non-hydrogen) atoms. The second-order valence-electron chi connectivity index (χ2n) is 5.82. The van der Waals surface area contributed by atoms with E-state index in [0.717, 1.165) is 6.54 Å². The zero-order valence-corrected chi connectivity index (χ0v) is 13.2. The maximum absolute atomic E-state index is 10.9. The highest BCUT2D eigenvalue weighted by Crippen LogP contribution is 2.12. The number of piperidine rings is 1. The normalized spacial score (nSPS) is 19.6. The van der Waals surface area contributed by atoms with Crippen molar-refractivity contribution < 1.29 is 4.79 Å². The van der Waals surface area contributed by atoms with Gasteiger partial charge in [-0.2, -0.15) is 0 Å². The third-order valence-electron chi connectivity index (χ3n) is 4.06. The van der Waals surface area contributed by atoms with Gasteiger partial charge in [-0.15, -0.1) is 0 Å². The Kier molecular flexibility index (Phi) is 5.27. The Morgan fingerprint density at radius 2 is 1.83 bits per heavy atom. The van der Waals surface area contributed by atoms with Crippen molar-refractivity contribution in [2.75, 3.05) is 13.1 Å². The third-order valence-corrected chi connectivity index (χ3v) is 4.06. The number of likely N-dealkylation sites (tertiary alicyclic amines) is 1. The van der Waals surface area contributed by atoms with Crippen molar-refractivity contribution >= 4 is 17.8 Å². The Bertz CT molecular complexity index is 659. The van der Waals surface area contributed by atoms with Crippen LogP contribution in [0.5, 0.6) is 0 Å². The molecule has 4 nitrogen and oxygen atoms in total. The minimum absolute atomic E-state index is 0.0602. The zero-order valence-electron chi connectivity index (χ0n) is 13.2. The maximum Gasteiger partial charge on any atom is 0.206 e. The molecule has 118 valence electrons. The highest BCUT2D eigenvalue weighted by atomic mass is 16.1. The Labute approximate surface area is 136 Å². The number of benzene rings is 1. The maximum atomic E-state index is 10.9. The number of fused-ring (bicyclic) bond motifs is 1. The van der Waals surface area contributed by atoms with Crippen LogP contribution in [-0.2, 0) is 11.3 Å². The summed E-state index contributed by atoms with van der Waals surface area (Å²) in [6.07, 6.45) is 10.5. The lowest BCUT2D eigenvalue weighted by Crippen LogP contribution is -2.28. The third kappa shape index (κ3) is 4.33. The molecule has 1 fully saturated rings. The lowest BCUT2D eigenvalue weighted by atomic mass is 10.1. The van der Waals surface area contributed by atoms with Gasteiger partial charge >= 0.3 is 0 Å². The molecule has 3 aliphatic rings. The van der Waals surface area contributed by atoms with Crippen LogP contribution in [0.3, 0.4) is 0 Å². The summed E-state index contributed by atoms with van der Waals surface area (Å²) in [5.74, 6) is -0.0602. The largest absolute Gasteiger partial charge is 0.299 e. The second kappa shape index (κ2) is 7.79. The Balaban J connectivity index is 0.000000140. The van der Waals surface area contributed by atoms with E-state index in [2.05, 4.69) is 45.2 Å². The molecule has 1 saturated heterocycles. The van der Waals surface area contributed by atoms with Gasteiger partial charge in [0.05, 0.1) is 5.70 Å². The first-order valence-corrected chi connectivity index (χ1v) is 8.12. The average Bonchev–Trinajstić information content (AvgIpc) is 3.08. The summed E-state index contributed by atoms with van der Waals surface area (Å²) in [6, 6.07) is 10.8. The van der Waals surface area contributed by atoms with E-state index in [-0.39, 0.29) is 5.78 Å². The SMILES string of the molecule is O=C1C=CC=C2N=CN=C12.c1ccc(CN2CCCCC2)cc1. The van der Waals surface area contributed by atoms with E-state index < -0.39 is 0 Å². The van der Waals surface area contributed by atoms with Crippen molar-refractivity contribution in [3.63, 3.8) is 0 Å². The molecule has 0 N–H and O–H groups in total. The quantitative estimate of drug-likeness (QED) is 0.788. The van der Waals surface area contributed by atoms with Crippen LogP contribution in [0.1, 0.15) is 24.8 Å². The van der Waals surface area contributed by atoms with Gasteiger partial charge in [0, 0.05) is 6.54 Å². The van der Waals surface area contributed by atoms with Crippen molar-refractivity contribution in [1.29, 1.82) is 0 Å². The second-order valence-corrected chi connectivity index (χ2v) is 5.82. The first-order valence-electron chi connectivity index (χ1n) is 8.12.